The Hall–Kier alpha value is -2.67. The number of nitrogens with one attached hydrogen (secondary N) is 2. The van der Waals surface area contributed by atoms with Gasteiger partial charge in [0.05, 0.1) is 28.2 Å². The molecule has 0 bridgehead atoms. The minimum atomic E-state index is -0.234. The van der Waals surface area contributed by atoms with Gasteiger partial charge in [0.2, 0.25) is 0 Å². The fourth-order valence-corrected chi connectivity index (χ4v) is 2.20. The third kappa shape index (κ3) is 3.15. The minimum Gasteiger partial charge on any atom is -0.352 e. The lowest BCUT2D eigenvalue weighted by atomic mass is 10.2. The van der Waals surface area contributed by atoms with Crippen molar-refractivity contribution in [3.8, 4) is 5.69 Å². The molecule has 0 aliphatic heterocycles. The van der Waals surface area contributed by atoms with Gasteiger partial charge in [-0.2, -0.15) is 20.5 Å². The highest BCUT2D eigenvalue weighted by Crippen LogP contribution is 2.19. The van der Waals surface area contributed by atoms with Gasteiger partial charge in [0.15, 0.2) is 0 Å². The maximum atomic E-state index is 12.2. The third-order valence-electron chi connectivity index (χ3n) is 3.10. The third-order valence-corrected chi connectivity index (χ3v) is 3.42. The van der Waals surface area contributed by atoms with Gasteiger partial charge in [-0.1, -0.05) is 11.6 Å². The van der Waals surface area contributed by atoms with Crippen LogP contribution >= 0.6 is 11.6 Å². The van der Waals surface area contributed by atoms with E-state index in [2.05, 4.69) is 25.8 Å². The average molecular weight is 317 g/mol. The Balaban J connectivity index is 1.70. The molecule has 0 spiro atoms. The normalized spacial score (nSPS) is 10.6. The first-order valence-electron chi connectivity index (χ1n) is 6.66. The Morgan fingerprint density at radius 1 is 1.41 bits per heavy atom. The van der Waals surface area contributed by atoms with Gasteiger partial charge >= 0.3 is 0 Å². The molecule has 3 rings (SSSR count). The summed E-state index contributed by atoms with van der Waals surface area (Å²) in [5, 5.41) is 17.5. The highest BCUT2D eigenvalue weighted by Gasteiger charge is 2.12. The predicted molar refractivity (Wildman–Crippen MR) is 81.0 cm³/mol. The van der Waals surface area contributed by atoms with Crippen molar-refractivity contribution in [2.75, 3.05) is 6.54 Å². The van der Waals surface area contributed by atoms with Gasteiger partial charge < -0.3 is 5.32 Å². The van der Waals surface area contributed by atoms with E-state index in [-0.39, 0.29) is 5.91 Å². The van der Waals surface area contributed by atoms with Crippen LogP contribution in [0, 0.1) is 0 Å². The SMILES string of the molecule is O=C(NCCc1cn[nH]n1)c1cc(-n2cccn2)ccc1Cl. The second kappa shape index (κ2) is 6.40. The fourth-order valence-electron chi connectivity index (χ4n) is 2.00. The van der Waals surface area contributed by atoms with Crippen LogP contribution in [-0.4, -0.2) is 37.6 Å². The first kappa shape index (κ1) is 14.3. The zero-order chi connectivity index (χ0) is 15.4. The van der Waals surface area contributed by atoms with Gasteiger partial charge in [0, 0.05) is 25.4 Å². The van der Waals surface area contributed by atoms with Crippen LogP contribution in [0.2, 0.25) is 5.02 Å². The highest BCUT2D eigenvalue weighted by molar-refractivity contribution is 6.33. The predicted octanol–water partition coefficient (Wildman–Crippen LogP) is 1.62. The summed E-state index contributed by atoms with van der Waals surface area (Å²) in [6.07, 6.45) is 5.69. The Kier molecular flexibility index (Phi) is 4.15. The monoisotopic (exact) mass is 316 g/mol. The van der Waals surface area contributed by atoms with Gasteiger partial charge in [-0.15, -0.1) is 0 Å². The Bertz CT molecular complexity index is 754. The van der Waals surface area contributed by atoms with Gasteiger partial charge in [-0.05, 0) is 24.3 Å². The van der Waals surface area contributed by atoms with Crippen LogP contribution in [-0.2, 0) is 6.42 Å². The summed E-state index contributed by atoms with van der Waals surface area (Å²) >= 11 is 6.11. The van der Waals surface area contributed by atoms with Crippen LogP contribution in [0.4, 0.5) is 0 Å². The van der Waals surface area contributed by atoms with E-state index in [0.29, 0.717) is 23.6 Å². The van der Waals surface area contributed by atoms with E-state index < -0.39 is 0 Å². The van der Waals surface area contributed by atoms with Crippen molar-refractivity contribution in [2.24, 2.45) is 0 Å². The summed E-state index contributed by atoms with van der Waals surface area (Å²) in [7, 11) is 0. The van der Waals surface area contributed by atoms with E-state index in [0.717, 1.165) is 11.4 Å². The molecule has 3 aromatic rings. The van der Waals surface area contributed by atoms with Gasteiger partial charge in [-0.25, -0.2) is 4.68 Å². The molecule has 0 aliphatic rings. The topological polar surface area (TPSA) is 88.5 Å². The summed E-state index contributed by atoms with van der Waals surface area (Å²) < 4.78 is 1.67. The maximum absolute atomic E-state index is 12.2. The van der Waals surface area contributed by atoms with E-state index in [4.69, 9.17) is 11.6 Å². The molecule has 2 aromatic heterocycles. The first-order chi connectivity index (χ1) is 10.7. The number of benzene rings is 1. The molecule has 0 atom stereocenters. The average Bonchev–Trinajstić information content (AvgIpc) is 3.21. The molecule has 0 radical (unpaired) electrons. The molecule has 2 N–H and O–H groups in total. The summed E-state index contributed by atoms with van der Waals surface area (Å²) in [6, 6.07) is 7.01. The van der Waals surface area contributed by atoms with E-state index >= 15 is 0 Å². The first-order valence-corrected chi connectivity index (χ1v) is 7.04. The number of amides is 1. The van der Waals surface area contributed by atoms with Crippen molar-refractivity contribution in [1.29, 1.82) is 0 Å². The van der Waals surface area contributed by atoms with Crippen molar-refractivity contribution in [3.63, 3.8) is 0 Å². The van der Waals surface area contributed by atoms with Crippen LogP contribution in [0.25, 0.3) is 5.69 Å². The van der Waals surface area contributed by atoms with Crippen molar-refractivity contribution < 1.29 is 4.79 Å². The number of hydrogen-bond acceptors (Lipinski definition) is 4. The molecule has 22 heavy (non-hydrogen) atoms. The second-order valence-corrected chi connectivity index (χ2v) is 4.99. The maximum Gasteiger partial charge on any atom is 0.252 e. The lowest BCUT2D eigenvalue weighted by molar-refractivity contribution is 0.0954. The van der Waals surface area contributed by atoms with Crippen molar-refractivity contribution in [2.45, 2.75) is 6.42 Å². The van der Waals surface area contributed by atoms with Crippen LogP contribution in [0.1, 0.15) is 16.1 Å². The van der Waals surface area contributed by atoms with Crippen LogP contribution in [0.3, 0.4) is 0 Å². The van der Waals surface area contributed by atoms with Gasteiger partial charge in [-0.3, -0.25) is 4.79 Å². The molecular weight excluding hydrogens is 304 g/mol. The number of hydrogen-bond donors (Lipinski definition) is 2. The molecule has 112 valence electrons. The van der Waals surface area contributed by atoms with E-state index in [1.165, 1.54) is 0 Å². The molecular formula is C14H13ClN6O. The number of nitrogens with zero attached hydrogens (tertiary/aromatic N) is 4. The number of carbonyl (C=O) groups is 1. The summed E-state index contributed by atoms with van der Waals surface area (Å²) in [5.74, 6) is -0.234. The van der Waals surface area contributed by atoms with Gasteiger partial charge in [0.25, 0.3) is 5.91 Å². The lowest BCUT2D eigenvalue weighted by Gasteiger charge is -2.08. The molecule has 0 aliphatic carbocycles. The quantitative estimate of drug-likeness (QED) is 0.748. The van der Waals surface area contributed by atoms with Crippen LogP contribution < -0.4 is 5.32 Å². The van der Waals surface area contributed by atoms with Crippen LogP contribution in [0.15, 0.2) is 42.9 Å². The van der Waals surface area contributed by atoms with Crippen molar-refractivity contribution in [1.82, 2.24) is 30.5 Å². The molecule has 0 saturated carbocycles. The molecule has 7 nitrogen and oxygen atoms in total. The van der Waals surface area contributed by atoms with Gasteiger partial charge in [0.1, 0.15) is 0 Å². The lowest BCUT2D eigenvalue weighted by Crippen LogP contribution is -2.26. The zero-order valence-corrected chi connectivity index (χ0v) is 12.3. The minimum absolute atomic E-state index is 0.234. The fraction of sp³-hybridized carbons (Fsp3) is 0.143. The van der Waals surface area contributed by atoms with Crippen molar-refractivity contribution in [3.05, 3.63) is 59.1 Å². The number of halogens is 1. The molecule has 2 heterocycles. The van der Waals surface area contributed by atoms with Crippen molar-refractivity contribution >= 4 is 17.5 Å². The van der Waals surface area contributed by atoms with E-state index in [9.17, 15) is 4.79 Å². The largest absolute Gasteiger partial charge is 0.352 e. The summed E-state index contributed by atoms with van der Waals surface area (Å²) in [4.78, 5) is 12.2. The molecule has 1 amide bonds. The number of carbonyl (C=O) groups excluding carboxylic acids is 1. The zero-order valence-electron chi connectivity index (χ0n) is 11.5. The smallest absolute Gasteiger partial charge is 0.252 e. The second-order valence-electron chi connectivity index (χ2n) is 4.58. The Labute approximate surface area is 131 Å². The number of rotatable bonds is 5. The number of H-pyrrole nitrogens is 1. The van der Waals surface area contributed by atoms with Crippen LogP contribution in [0.5, 0.6) is 0 Å². The highest BCUT2D eigenvalue weighted by atomic mass is 35.5. The Morgan fingerprint density at radius 2 is 2.32 bits per heavy atom. The summed E-state index contributed by atoms with van der Waals surface area (Å²) in [6.45, 7) is 0.452. The number of aromatic amines is 1. The standard InChI is InChI=1S/C14H13ClN6O/c15-13-3-2-11(21-7-1-5-18-21)8-12(13)14(22)16-6-4-10-9-17-20-19-10/h1-3,5,7-9H,4,6H2,(H,16,22)(H,17,19,20). The molecule has 0 unspecified atom stereocenters. The molecule has 1 aromatic carbocycles. The molecule has 0 fully saturated rings. The number of aromatic nitrogens is 5. The molecule has 8 heteroatoms. The summed E-state index contributed by atoms with van der Waals surface area (Å²) in [5.41, 5.74) is 1.97. The molecule has 0 saturated heterocycles. The van der Waals surface area contributed by atoms with E-state index in [1.54, 1.807) is 35.4 Å². The Morgan fingerprint density at radius 3 is 3.05 bits per heavy atom. The van der Waals surface area contributed by atoms with E-state index in [1.807, 2.05) is 12.1 Å².